The molecule has 1 aliphatic heterocycles. The number of hydrogen-bond donors (Lipinski definition) is 0. The smallest absolute Gasteiger partial charge is 0.233 e. The fraction of sp³-hybridized carbons (Fsp3) is 0.269. The Balaban J connectivity index is 1.47. The highest BCUT2D eigenvalue weighted by atomic mass is 35.5. The standard InChI is InChI=1S/C26H21Cl5N2O/c27-17-3-1-16(2-4-17)24-15-32(11-12-33(24)23-8-6-19(29)14-22(23)31)25(34)26(9-10-26)20-7-5-18(28)13-21(20)30/h1-8,13-14,24H,9-12,15H2. The average Bonchev–Trinajstić information content (AvgIpc) is 3.61. The molecule has 0 N–H and O–H groups in total. The van der Waals surface area contributed by atoms with E-state index in [0.29, 0.717) is 44.7 Å². The summed E-state index contributed by atoms with van der Waals surface area (Å²) >= 11 is 31.5. The monoisotopic (exact) mass is 552 g/mol. The number of benzene rings is 3. The zero-order valence-electron chi connectivity index (χ0n) is 18.1. The van der Waals surface area contributed by atoms with Crippen molar-refractivity contribution < 1.29 is 4.79 Å². The molecule has 34 heavy (non-hydrogen) atoms. The first kappa shape index (κ1) is 24.1. The van der Waals surface area contributed by atoms with Gasteiger partial charge in [-0.25, -0.2) is 0 Å². The van der Waals surface area contributed by atoms with Crippen LogP contribution in [0, 0.1) is 0 Å². The fourth-order valence-corrected chi connectivity index (χ4v) is 6.08. The van der Waals surface area contributed by atoms with Gasteiger partial charge < -0.3 is 9.80 Å². The van der Waals surface area contributed by atoms with Crippen molar-refractivity contribution in [2.45, 2.75) is 24.3 Å². The van der Waals surface area contributed by atoms with Gasteiger partial charge in [0.05, 0.1) is 22.2 Å². The Morgan fingerprint density at radius 3 is 2.00 bits per heavy atom. The van der Waals surface area contributed by atoms with Crippen molar-refractivity contribution in [1.29, 1.82) is 0 Å². The topological polar surface area (TPSA) is 23.6 Å². The van der Waals surface area contributed by atoms with Gasteiger partial charge >= 0.3 is 0 Å². The number of carbonyl (C=O) groups is 1. The molecular formula is C26H21Cl5N2O. The molecule has 8 heteroatoms. The first-order valence-corrected chi connectivity index (χ1v) is 12.9. The number of hydrogen-bond acceptors (Lipinski definition) is 2. The van der Waals surface area contributed by atoms with Crippen LogP contribution < -0.4 is 4.90 Å². The van der Waals surface area contributed by atoms with Gasteiger partial charge in [-0.3, -0.25) is 4.79 Å². The highest BCUT2D eigenvalue weighted by Gasteiger charge is 2.54. The van der Waals surface area contributed by atoms with Crippen LogP contribution >= 0.6 is 58.0 Å². The van der Waals surface area contributed by atoms with E-state index in [0.717, 1.165) is 29.7 Å². The van der Waals surface area contributed by atoms with E-state index in [9.17, 15) is 4.79 Å². The zero-order valence-corrected chi connectivity index (χ0v) is 21.9. The number of nitrogens with zero attached hydrogens (tertiary/aromatic N) is 2. The molecule has 0 aromatic heterocycles. The number of rotatable bonds is 4. The van der Waals surface area contributed by atoms with Crippen molar-refractivity contribution in [2.75, 3.05) is 24.5 Å². The normalized spacial score (nSPS) is 19.3. The molecule has 5 rings (SSSR count). The number of piperazine rings is 1. The van der Waals surface area contributed by atoms with Crippen LogP contribution in [0.4, 0.5) is 5.69 Å². The molecule has 3 aromatic rings. The Morgan fingerprint density at radius 2 is 1.38 bits per heavy atom. The summed E-state index contributed by atoms with van der Waals surface area (Å²) in [5.74, 6) is 0.109. The third kappa shape index (κ3) is 4.50. The van der Waals surface area contributed by atoms with E-state index in [4.69, 9.17) is 58.0 Å². The Kier molecular flexibility index (Phi) is 6.69. The van der Waals surface area contributed by atoms with Gasteiger partial charge in [-0.1, -0.05) is 76.2 Å². The van der Waals surface area contributed by atoms with Crippen LogP contribution in [0.2, 0.25) is 25.1 Å². The molecule has 176 valence electrons. The van der Waals surface area contributed by atoms with Crippen LogP contribution in [0.5, 0.6) is 0 Å². The molecule has 0 bridgehead atoms. The highest BCUT2D eigenvalue weighted by Crippen LogP contribution is 2.52. The molecule has 1 atom stereocenters. The van der Waals surface area contributed by atoms with Crippen LogP contribution in [0.3, 0.4) is 0 Å². The van der Waals surface area contributed by atoms with E-state index in [1.165, 1.54) is 0 Å². The molecule has 3 aromatic carbocycles. The summed E-state index contributed by atoms with van der Waals surface area (Å²) in [7, 11) is 0. The third-order valence-corrected chi connectivity index (χ3v) is 8.09. The SMILES string of the molecule is O=C(N1CCN(c2ccc(Cl)cc2Cl)C(c2ccc(Cl)cc2)C1)C1(c2ccc(Cl)cc2Cl)CC1. The first-order chi connectivity index (χ1) is 16.3. The Hall–Kier alpha value is -1.62. The van der Waals surface area contributed by atoms with Gasteiger partial charge in [-0.15, -0.1) is 0 Å². The molecule has 2 fully saturated rings. The van der Waals surface area contributed by atoms with Crippen LogP contribution in [0.1, 0.15) is 30.0 Å². The molecular weight excluding hydrogens is 534 g/mol. The van der Waals surface area contributed by atoms with Crippen molar-refractivity contribution in [3.05, 3.63) is 96.9 Å². The molecule has 1 aliphatic carbocycles. The minimum absolute atomic E-state index is 0.0925. The van der Waals surface area contributed by atoms with Gasteiger partial charge in [0.15, 0.2) is 0 Å². The summed E-state index contributed by atoms with van der Waals surface area (Å²) in [6.45, 7) is 1.73. The molecule has 1 saturated carbocycles. The summed E-state index contributed by atoms with van der Waals surface area (Å²) in [6.07, 6.45) is 1.56. The lowest BCUT2D eigenvalue weighted by molar-refractivity contribution is -0.134. The summed E-state index contributed by atoms with van der Waals surface area (Å²) in [5.41, 5.74) is 2.23. The summed E-state index contributed by atoms with van der Waals surface area (Å²) in [5, 5.41) is 2.93. The lowest BCUT2D eigenvalue weighted by atomic mass is 9.92. The average molecular weight is 555 g/mol. The molecule has 1 unspecified atom stereocenters. The number of halogens is 5. The van der Waals surface area contributed by atoms with Crippen LogP contribution in [0.15, 0.2) is 60.7 Å². The second-order valence-corrected chi connectivity index (χ2v) is 10.9. The maximum atomic E-state index is 13.9. The zero-order chi connectivity index (χ0) is 24.0. The Labute approximate surface area is 224 Å². The number of anilines is 1. The van der Waals surface area contributed by atoms with E-state index in [-0.39, 0.29) is 11.9 Å². The molecule has 1 amide bonds. The summed E-state index contributed by atoms with van der Waals surface area (Å²) in [4.78, 5) is 18.0. The van der Waals surface area contributed by atoms with Gasteiger partial charge in [-0.2, -0.15) is 0 Å². The highest BCUT2D eigenvalue weighted by molar-refractivity contribution is 6.36. The summed E-state index contributed by atoms with van der Waals surface area (Å²) < 4.78 is 0. The van der Waals surface area contributed by atoms with Gasteiger partial charge in [0.2, 0.25) is 5.91 Å². The summed E-state index contributed by atoms with van der Waals surface area (Å²) in [6, 6.07) is 18.6. The maximum absolute atomic E-state index is 13.9. The van der Waals surface area contributed by atoms with Gasteiger partial charge in [0.25, 0.3) is 0 Å². The van der Waals surface area contributed by atoms with E-state index in [1.807, 2.05) is 47.4 Å². The lowest BCUT2D eigenvalue weighted by Gasteiger charge is -2.44. The van der Waals surface area contributed by atoms with E-state index >= 15 is 0 Å². The number of carbonyl (C=O) groups excluding carboxylic acids is 1. The van der Waals surface area contributed by atoms with Crippen molar-refractivity contribution >= 4 is 69.6 Å². The van der Waals surface area contributed by atoms with Gasteiger partial charge in [0.1, 0.15) is 0 Å². The minimum Gasteiger partial charge on any atom is -0.360 e. The minimum atomic E-state index is -0.577. The molecule has 0 spiro atoms. The van der Waals surface area contributed by atoms with Crippen molar-refractivity contribution in [3.8, 4) is 0 Å². The maximum Gasteiger partial charge on any atom is 0.233 e. The molecule has 1 heterocycles. The first-order valence-electron chi connectivity index (χ1n) is 11.0. The predicted molar refractivity (Wildman–Crippen MR) is 142 cm³/mol. The number of amides is 1. The largest absolute Gasteiger partial charge is 0.360 e. The van der Waals surface area contributed by atoms with Crippen LogP contribution in [0.25, 0.3) is 0 Å². The van der Waals surface area contributed by atoms with E-state index in [2.05, 4.69) is 4.90 Å². The van der Waals surface area contributed by atoms with Crippen molar-refractivity contribution in [1.82, 2.24) is 4.90 Å². The quantitative estimate of drug-likeness (QED) is 0.326. The molecule has 3 nitrogen and oxygen atoms in total. The van der Waals surface area contributed by atoms with E-state index in [1.54, 1.807) is 18.2 Å². The fourth-order valence-electron chi connectivity index (χ4n) is 4.84. The lowest BCUT2D eigenvalue weighted by Crippen LogP contribution is -2.53. The Morgan fingerprint density at radius 1 is 0.765 bits per heavy atom. The molecule has 0 radical (unpaired) electrons. The second kappa shape index (κ2) is 9.44. The third-order valence-electron chi connectivity index (χ3n) is 6.75. The van der Waals surface area contributed by atoms with E-state index < -0.39 is 5.41 Å². The molecule has 1 saturated heterocycles. The van der Waals surface area contributed by atoms with Crippen molar-refractivity contribution in [3.63, 3.8) is 0 Å². The van der Waals surface area contributed by atoms with Crippen LogP contribution in [-0.2, 0) is 10.2 Å². The van der Waals surface area contributed by atoms with Crippen molar-refractivity contribution in [2.24, 2.45) is 0 Å². The Bertz CT molecular complexity index is 1240. The van der Waals surface area contributed by atoms with Crippen LogP contribution in [-0.4, -0.2) is 30.4 Å². The van der Waals surface area contributed by atoms with Gasteiger partial charge in [-0.05, 0) is 66.4 Å². The van der Waals surface area contributed by atoms with Gasteiger partial charge in [0, 0.05) is 39.7 Å². The predicted octanol–water partition coefficient (Wildman–Crippen LogP) is 8.08. The second-order valence-electron chi connectivity index (χ2n) is 8.81. The molecule has 2 aliphatic rings.